The highest BCUT2D eigenvalue weighted by molar-refractivity contribution is 5.77. The van der Waals surface area contributed by atoms with Crippen LogP contribution in [0.15, 0.2) is 54.6 Å². The van der Waals surface area contributed by atoms with Gasteiger partial charge in [0, 0.05) is 6.54 Å². The third kappa shape index (κ3) is 5.11. The summed E-state index contributed by atoms with van der Waals surface area (Å²) in [5.41, 5.74) is 0.341. The van der Waals surface area contributed by atoms with E-state index in [9.17, 15) is 9.90 Å². The Labute approximate surface area is 141 Å². The third-order valence-corrected chi connectivity index (χ3v) is 3.59. The van der Waals surface area contributed by atoms with Crippen molar-refractivity contribution < 1.29 is 14.6 Å². The van der Waals surface area contributed by atoms with E-state index in [2.05, 4.69) is 5.32 Å². The number of carbonyl (C=O) groups excluding carboxylic acids is 1. The molecule has 1 amide bonds. The van der Waals surface area contributed by atoms with Crippen molar-refractivity contribution in [2.24, 2.45) is 0 Å². The fraction of sp³-hybridized carbons (Fsp3) is 0.263. The molecule has 0 saturated heterocycles. The molecule has 1 unspecified atom stereocenters. The smallest absolute Gasteiger partial charge is 0.223 e. The van der Waals surface area contributed by atoms with Gasteiger partial charge in [-0.25, -0.2) is 0 Å². The maximum Gasteiger partial charge on any atom is 0.223 e. The van der Waals surface area contributed by atoms with Gasteiger partial charge in [0.15, 0.2) is 6.61 Å². The van der Waals surface area contributed by atoms with Gasteiger partial charge in [0.25, 0.3) is 0 Å². The molecular weight excluding hydrogens is 304 g/mol. The summed E-state index contributed by atoms with van der Waals surface area (Å²) in [6.07, 6.45) is -0.0262. The average Bonchev–Trinajstić information content (AvgIpc) is 2.59. The highest BCUT2D eigenvalue weighted by Crippen LogP contribution is 2.24. The van der Waals surface area contributed by atoms with Crippen LogP contribution in [0.1, 0.15) is 24.5 Å². The molecule has 0 aliphatic carbocycles. The summed E-state index contributed by atoms with van der Waals surface area (Å²) in [5, 5.41) is 21.8. The van der Waals surface area contributed by atoms with Gasteiger partial charge in [-0.1, -0.05) is 42.5 Å². The van der Waals surface area contributed by atoms with E-state index in [0.717, 1.165) is 5.56 Å². The Morgan fingerprint density at radius 1 is 1.25 bits per heavy atom. The molecule has 2 N–H and O–H groups in total. The maximum absolute atomic E-state index is 12.1. The molecule has 2 aromatic carbocycles. The summed E-state index contributed by atoms with van der Waals surface area (Å²) >= 11 is 0. The number of hydrogen-bond acceptors (Lipinski definition) is 4. The lowest BCUT2D eigenvalue weighted by Crippen LogP contribution is -2.32. The van der Waals surface area contributed by atoms with E-state index in [4.69, 9.17) is 10.00 Å². The van der Waals surface area contributed by atoms with Crippen LogP contribution >= 0.6 is 0 Å². The second kappa shape index (κ2) is 8.14. The van der Waals surface area contributed by atoms with Crippen molar-refractivity contribution in [3.05, 3.63) is 65.7 Å². The fourth-order valence-corrected chi connectivity index (χ4v) is 2.34. The second-order valence-electron chi connectivity index (χ2n) is 5.69. The largest absolute Gasteiger partial charge is 0.479 e. The lowest BCUT2D eigenvalue weighted by Gasteiger charge is -2.23. The Morgan fingerprint density at radius 2 is 2.00 bits per heavy atom. The minimum absolute atomic E-state index is 0.0181. The van der Waals surface area contributed by atoms with Gasteiger partial charge in [-0.05, 0) is 30.2 Å². The van der Waals surface area contributed by atoms with Crippen molar-refractivity contribution in [3.63, 3.8) is 0 Å². The first-order chi connectivity index (χ1) is 11.5. The van der Waals surface area contributed by atoms with Crippen molar-refractivity contribution in [1.29, 1.82) is 5.26 Å². The molecule has 2 rings (SSSR count). The van der Waals surface area contributed by atoms with Crippen LogP contribution < -0.4 is 10.1 Å². The topological polar surface area (TPSA) is 82.3 Å². The van der Waals surface area contributed by atoms with Gasteiger partial charge in [-0.3, -0.25) is 4.79 Å². The summed E-state index contributed by atoms with van der Waals surface area (Å²) in [6, 6.07) is 18.2. The molecule has 0 aliphatic rings. The zero-order valence-electron chi connectivity index (χ0n) is 13.5. The Bertz CT molecular complexity index is 721. The van der Waals surface area contributed by atoms with E-state index in [0.29, 0.717) is 17.9 Å². The molecule has 5 nitrogen and oxygen atoms in total. The zero-order chi connectivity index (χ0) is 17.4. The van der Waals surface area contributed by atoms with Gasteiger partial charge in [0.05, 0.1) is 12.0 Å². The predicted octanol–water partition coefficient (Wildman–Crippen LogP) is 2.50. The number of amides is 1. The van der Waals surface area contributed by atoms with Gasteiger partial charge >= 0.3 is 0 Å². The Kier molecular flexibility index (Phi) is 5.94. The molecule has 0 aromatic heterocycles. The molecule has 1 atom stereocenters. The number of nitriles is 1. The van der Waals surface area contributed by atoms with E-state index < -0.39 is 5.60 Å². The first-order valence-corrected chi connectivity index (χ1v) is 7.64. The van der Waals surface area contributed by atoms with E-state index in [1.54, 1.807) is 37.3 Å². The van der Waals surface area contributed by atoms with Crippen molar-refractivity contribution >= 4 is 5.91 Å². The number of benzene rings is 2. The van der Waals surface area contributed by atoms with Gasteiger partial charge in [-0.2, -0.15) is 5.26 Å². The fourth-order valence-electron chi connectivity index (χ4n) is 2.34. The molecule has 0 bridgehead atoms. The van der Waals surface area contributed by atoms with Gasteiger partial charge in [0.1, 0.15) is 11.8 Å². The number of aliphatic hydroxyl groups is 1. The first-order valence-electron chi connectivity index (χ1n) is 7.64. The predicted molar refractivity (Wildman–Crippen MR) is 90.0 cm³/mol. The summed E-state index contributed by atoms with van der Waals surface area (Å²) in [4.78, 5) is 12.1. The van der Waals surface area contributed by atoms with Crippen LogP contribution in [0.5, 0.6) is 5.75 Å². The number of rotatable bonds is 7. The SMILES string of the molecule is CC(O)(CC(=O)NCc1cccc(OCC#N)c1)c1ccccc1. The first kappa shape index (κ1) is 17.5. The van der Waals surface area contributed by atoms with E-state index >= 15 is 0 Å². The minimum atomic E-state index is -1.22. The molecule has 0 aliphatic heterocycles. The standard InChI is InChI=1S/C19H20N2O3/c1-19(23,16-7-3-2-4-8-16)13-18(22)21-14-15-6-5-9-17(12-15)24-11-10-20/h2-9,12,23H,11,13-14H2,1H3,(H,21,22). The number of nitrogens with one attached hydrogen (secondary N) is 1. The molecule has 0 fully saturated rings. The highest BCUT2D eigenvalue weighted by Gasteiger charge is 2.26. The van der Waals surface area contributed by atoms with Crippen LogP contribution in [-0.2, 0) is 16.9 Å². The molecule has 0 spiro atoms. The summed E-state index contributed by atoms with van der Waals surface area (Å²) < 4.78 is 5.23. The van der Waals surface area contributed by atoms with Crippen LogP contribution in [0.4, 0.5) is 0 Å². The second-order valence-corrected chi connectivity index (χ2v) is 5.69. The number of ether oxygens (including phenoxy) is 1. The molecule has 0 saturated carbocycles. The van der Waals surface area contributed by atoms with Crippen LogP contribution in [0, 0.1) is 11.3 Å². The minimum Gasteiger partial charge on any atom is -0.479 e. The molecule has 124 valence electrons. The van der Waals surface area contributed by atoms with Gasteiger partial charge < -0.3 is 15.2 Å². The van der Waals surface area contributed by atoms with E-state index in [1.165, 1.54) is 0 Å². The molecule has 0 heterocycles. The Hall–Kier alpha value is -2.84. The third-order valence-electron chi connectivity index (χ3n) is 3.59. The maximum atomic E-state index is 12.1. The molecule has 5 heteroatoms. The Balaban J connectivity index is 1.90. The van der Waals surface area contributed by atoms with E-state index in [1.807, 2.05) is 30.3 Å². The number of hydrogen-bond donors (Lipinski definition) is 2. The van der Waals surface area contributed by atoms with Crippen molar-refractivity contribution in [2.75, 3.05) is 6.61 Å². The van der Waals surface area contributed by atoms with Crippen molar-refractivity contribution in [1.82, 2.24) is 5.32 Å². The lowest BCUT2D eigenvalue weighted by molar-refractivity contribution is -0.126. The number of nitrogens with zero attached hydrogens (tertiary/aromatic N) is 1. The summed E-state index contributed by atoms with van der Waals surface area (Å²) in [6.45, 7) is 1.93. The van der Waals surface area contributed by atoms with Crippen LogP contribution in [-0.4, -0.2) is 17.6 Å². The van der Waals surface area contributed by atoms with E-state index in [-0.39, 0.29) is 18.9 Å². The molecule has 2 aromatic rings. The van der Waals surface area contributed by atoms with Crippen LogP contribution in [0.2, 0.25) is 0 Å². The van der Waals surface area contributed by atoms with Crippen molar-refractivity contribution in [2.45, 2.75) is 25.5 Å². The monoisotopic (exact) mass is 324 g/mol. The lowest BCUT2D eigenvalue weighted by atomic mass is 9.92. The molecule has 0 radical (unpaired) electrons. The molecular formula is C19H20N2O3. The van der Waals surface area contributed by atoms with Crippen LogP contribution in [0.25, 0.3) is 0 Å². The number of carbonyl (C=O) groups is 1. The van der Waals surface area contributed by atoms with Gasteiger partial charge in [-0.15, -0.1) is 0 Å². The average molecular weight is 324 g/mol. The quantitative estimate of drug-likeness (QED) is 0.820. The summed E-state index contributed by atoms with van der Waals surface area (Å²) in [5.74, 6) is 0.340. The highest BCUT2D eigenvalue weighted by atomic mass is 16.5. The van der Waals surface area contributed by atoms with Crippen molar-refractivity contribution in [3.8, 4) is 11.8 Å². The van der Waals surface area contributed by atoms with Gasteiger partial charge in [0.2, 0.25) is 5.91 Å². The zero-order valence-corrected chi connectivity index (χ0v) is 13.5. The Morgan fingerprint density at radius 3 is 2.71 bits per heavy atom. The van der Waals surface area contributed by atoms with Crippen LogP contribution in [0.3, 0.4) is 0 Å². The normalized spacial score (nSPS) is 12.7. The summed E-state index contributed by atoms with van der Waals surface area (Å²) in [7, 11) is 0. The molecule has 24 heavy (non-hydrogen) atoms.